The maximum Gasteiger partial charge on any atom is 0.299 e. The lowest BCUT2D eigenvalue weighted by Crippen LogP contribution is -2.34. The number of carbonyl (C=O) groups excluding carboxylic acids is 2. The minimum atomic E-state index is -3.17. The average molecular weight is 295 g/mol. The van der Waals surface area contributed by atoms with Crippen LogP contribution in [-0.2, 0) is 21.1 Å². The molecule has 0 N–H and O–H groups in total. The Balaban J connectivity index is 2.30. The van der Waals surface area contributed by atoms with Gasteiger partial charge in [-0.15, -0.1) is 0 Å². The van der Waals surface area contributed by atoms with E-state index in [0.717, 1.165) is 12.0 Å². The summed E-state index contributed by atoms with van der Waals surface area (Å²) in [5.74, 6) is -1.29. The molecule has 2 rings (SSSR count). The zero-order chi connectivity index (χ0) is 14.9. The summed E-state index contributed by atoms with van der Waals surface area (Å²) in [7, 11) is -3.17. The van der Waals surface area contributed by atoms with E-state index in [0.29, 0.717) is 11.3 Å². The van der Waals surface area contributed by atoms with Gasteiger partial charge in [0, 0.05) is 12.3 Å². The van der Waals surface area contributed by atoms with E-state index in [9.17, 15) is 18.0 Å². The van der Waals surface area contributed by atoms with Crippen LogP contribution in [0.1, 0.15) is 29.8 Å². The number of amides is 1. The van der Waals surface area contributed by atoms with Gasteiger partial charge < -0.3 is 4.90 Å². The van der Waals surface area contributed by atoms with E-state index in [4.69, 9.17) is 0 Å². The van der Waals surface area contributed by atoms with Crippen molar-refractivity contribution in [3.05, 3.63) is 29.3 Å². The third-order valence-electron chi connectivity index (χ3n) is 3.51. The van der Waals surface area contributed by atoms with Gasteiger partial charge in [-0.2, -0.15) is 0 Å². The number of Topliss-reactive ketones (excluding diaryl/α,β-unsaturated/α-hetero) is 1. The molecule has 1 aromatic rings. The van der Waals surface area contributed by atoms with Gasteiger partial charge >= 0.3 is 0 Å². The first-order chi connectivity index (χ1) is 9.39. The molecule has 108 valence electrons. The molecule has 0 atom stereocenters. The molecule has 1 amide bonds. The summed E-state index contributed by atoms with van der Waals surface area (Å²) in [5.41, 5.74) is 1.87. The summed E-state index contributed by atoms with van der Waals surface area (Å²) in [4.78, 5) is 25.1. The average Bonchev–Trinajstić information content (AvgIpc) is 2.68. The van der Waals surface area contributed by atoms with Gasteiger partial charge in [-0.3, -0.25) is 9.59 Å². The molecule has 5 nitrogen and oxygen atoms in total. The predicted octanol–water partition coefficient (Wildman–Crippen LogP) is 1.21. The van der Waals surface area contributed by atoms with Crippen LogP contribution in [0.15, 0.2) is 18.2 Å². The first-order valence-electron chi connectivity index (χ1n) is 6.59. The van der Waals surface area contributed by atoms with E-state index in [2.05, 4.69) is 0 Å². The number of nitrogens with zero attached hydrogens (tertiary/aromatic N) is 1. The molecule has 1 aliphatic rings. The second-order valence-corrected chi connectivity index (χ2v) is 7.20. The van der Waals surface area contributed by atoms with E-state index < -0.39 is 21.5 Å². The fraction of sp³-hybridized carbons (Fsp3) is 0.429. The Hall–Kier alpha value is -1.69. The molecule has 20 heavy (non-hydrogen) atoms. The number of hydrogen-bond donors (Lipinski definition) is 0. The molecule has 0 radical (unpaired) electrons. The first kappa shape index (κ1) is 14.7. The monoisotopic (exact) mass is 295 g/mol. The van der Waals surface area contributed by atoms with Gasteiger partial charge in [-0.05, 0) is 24.1 Å². The molecule has 1 heterocycles. The predicted molar refractivity (Wildman–Crippen MR) is 76.8 cm³/mol. The standard InChI is InChI=1S/C14H17NO4S/c1-3-10-5-6-12-11(9-10)13(16)14(17)15(12)7-8-20(18,19)4-2/h5-6,9H,3-4,7-8H2,1-2H3. The van der Waals surface area contributed by atoms with Crippen LogP contribution in [0, 0.1) is 0 Å². The molecule has 6 heteroatoms. The van der Waals surface area contributed by atoms with E-state index >= 15 is 0 Å². The highest BCUT2D eigenvalue weighted by molar-refractivity contribution is 7.91. The molecule has 0 unspecified atom stereocenters. The Morgan fingerprint density at radius 3 is 2.45 bits per heavy atom. The maximum absolute atomic E-state index is 11.9. The number of benzene rings is 1. The molecule has 0 saturated carbocycles. The first-order valence-corrected chi connectivity index (χ1v) is 8.41. The second-order valence-electron chi connectivity index (χ2n) is 4.73. The number of anilines is 1. The van der Waals surface area contributed by atoms with Crippen molar-refractivity contribution in [2.24, 2.45) is 0 Å². The van der Waals surface area contributed by atoms with Crippen LogP contribution < -0.4 is 4.90 Å². The van der Waals surface area contributed by atoms with Gasteiger partial charge in [0.2, 0.25) is 0 Å². The molecular weight excluding hydrogens is 278 g/mol. The van der Waals surface area contributed by atoms with Crippen LogP contribution in [0.2, 0.25) is 0 Å². The fourth-order valence-corrected chi connectivity index (χ4v) is 2.91. The van der Waals surface area contributed by atoms with Crippen LogP contribution in [0.25, 0.3) is 0 Å². The van der Waals surface area contributed by atoms with Gasteiger partial charge in [0.05, 0.1) is 17.0 Å². The van der Waals surface area contributed by atoms with Crippen molar-refractivity contribution in [1.29, 1.82) is 0 Å². The zero-order valence-electron chi connectivity index (χ0n) is 11.5. The van der Waals surface area contributed by atoms with Crippen LogP contribution >= 0.6 is 0 Å². The molecule has 0 aliphatic carbocycles. The highest BCUT2D eigenvalue weighted by atomic mass is 32.2. The van der Waals surface area contributed by atoms with E-state index in [1.807, 2.05) is 13.0 Å². The summed E-state index contributed by atoms with van der Waals surface area (Å²) >= 11 is 0. The highest BCUT2D eigenvalue weighted by Crippen LogP contribution is 2.29. The topological polar surface area (TPSA) is 71.5 Å². The lowest BCUT2D eigenvalue weighted by molar-refractivity contribution is -0.114. The smallest absolute Gasteiger partial charge is 0.299 e. The van der Waals surface area contributed by atoms with Crippen molar-refractivity contribution in [1.82, 2.24) is 0 Å². The SMILES string of the molecule is CCc1ccc2c(c1)C(=O)C(=O)N2CCS(=O)(=O)CC. The van der Waals surface area contributed by atoms with Crippen LogP contribution in [0.3, 0.4) is 0 Å². The highest BCUT2D eigenvalue weighted by Gasteiger charge is 2.36. The van der Waals surface area contributed by atoms with Gasteiger partial charge in [-0.1, -0.05) is 19.9 Å². The quantitative estimate of drug-likeness (QED) is 0.766. The molecular formula is C14H17NO4S. The normalized spacial score (nSPS) is 14.8. The Labute approximate surface area is 118 Å². The summed E-state index contributed by atoms with van der Waals surface area (Å²) in [6.45, 7) is 3.56. The van der Waals surface area contributed by atoms with Crippen molar-refractivity contribution in [3.8, 4) is 0 Å². The minimum Gasteiger partial charge on any atom is -0.304 e. The number of ketones is 1. The summed E-state index contributed by atoms with van der Waals surface area (Å²) in [6.07, 6.45) is 0.777. The van der Waals surface area contributed by atoms with Gasteiger partial charge in [0.1, 0.15) is 0 Å². The number of fused-ring (bicyclic) bond motifs is 1. The third kappa shape index (κ3) is 2.60. The number of hydrogen-bond acceptors (Lipinski definition) is 4. The van der Waals surface area contributed by atoms with Crippen molar-refractivity contribution in [2.45, 2.75) is 20.3 Å². The van der Waals surface area contributed by atoms with Crippen LogP contribution in [0.4, 0.5) is 5.69 Å². The summed E-state index contributed by atoms with van der Waals surface area (Å²) < 4.78 is 23.1. The largest absolute Gasteiger partial charge is 0.304 e. The molecule has 0 saturated heterocycles. The van der Waals surface area contributed by atoms with E-state index in [1.165, 1.54) is 4.90 Å². The third-order valence-corrected chi connectivity index (χ3v) is 5.19. The second kappa shape index (κ2) is 5.36. The number of sulfone groups is 1. The lowest BCUT2D eigenvalue weighted by Gasteiger charge is -2.16. The molecule has 0 fully saturated rings. The Bertz CT molecular complexity index is 664. The van der Waals surface area contributed by atoms with Crippen molar-refractivity contribution >= 4 is 27.2 Å². The molecule has 0 spiro atoms. The van der Waals surface area contributed by atoms with Crippen LogP contribution in [-0.4, -0.2) is 38.2 Å². The fourth-order valence-electron chi connectivity index (χ4n) is 2.16. The van der Waals surface area contributed by atoms with E-state index in [1.54, 1.807) is 19.1 Å². The summed E-state index contributed by atoms with van der Waals surface area (Å²) in [6, 6.07) is 5.28. The Morgan fingerprint density at radius 2 is 1.85 bits per heavy atom. The molecule has 1 aliphatic heterocycles. The number of carbonyl (C=O) groups is 2. The van der Waals surface area contributed by atoms with Crippen molar-refractivity contribution in [3.63, 3.8) is 0 Å². The van der Waals surface area contributed by atoms with Crippen molar-refractivity contribution in [2.75, 3.05) is 23.0 Å². The lowest BCUT2D eigenvalue weighted by atomic mass is 10.1. The molecule has 0 bridgehead atoms. The Kier molecular flexibility index (Phi) is 3.94. The maximum atomic E-state index is 11.9. The van der Waals surface area contributed by atoms with Gasteiger partial charge in [-0.25, -0.2) is 8.42 Å². The van der Waals surface area contributed by atoms with Gasteiger partial charge in [0.25, 0.3) is 11.7 Å². The number of rotatable bonds is 5. The number of aryl methyl sites for hydroxylation is 1. The summed E-state index contributed by atoms with van der Waals surface area (Å²) in [5, 5.41) is 0. The zero-order valence-corrected chi connectivity index (χ0v) is 12.4. The molecule has 1 aromatic carbocycles. The van der Waals surface area contributed by atoms with Gasteiger partial charge in [0.15, 0.2) is 9.84 Å². The minimum absolute atomic E-state index is 0.0270. The van der Waals surface area contributed by atoms with Crippen LogP contribution in [0.5, 0.6) is 0 Å². The van der Waals surface area contributed by atoms with E-state index in [-0.39, 0.29) is 18.1 Å². The molecule has 0 aromatic heterocycles. The van der Waals surface area contributed by atoms with Crippen molar-refractivity contribution < 1.29 is 18.0 Å². The Morgan fingerprint density at radius 1 is 1.15 bits per heavy atom.